The van der Waals surface area contributed by atoms with E-state index in [1.54, 1.807) is 37.5 Å². The number of thiocarbonyl (C=S) groups is 1. The summed E-state index contributed by atoms with van der Waals surface area (Å²) in [4.78, 5) is 23.9. The number of amides is 2. The third kappa shape index (κ3) is 6.73. The molecule has 2 aromatic rings. The third-order valence-electron chi connectivity index (χ3n) is 3.50. The molecular weight excluding hydrogens is 378 g/mol. The Kier molecular flexibility index (Phi) is 7.98. The van der Waals surface area contributed by atoms with Crippen LogP contribution in [0.2, 0.25) is 0 Å². The largest absolute Gasteiger partial charge is 0.497 e. The normalized spacial score (nSPS) is 10.2. The second-order valence-electron chi connectivity index (χ2n) is 5.46. The van der Waals surface area contributed by atoms with Gasteiger partial charge in [0, 0.05) is 11.6 Å². The van der Waals surface area contributed by atoms with Crippen molar-refractivity contribution in [3.8, 4) is 11.5 Å². The average Bonchev–Trinajstić information content (AvgIpc) is 2.72. The first kappa shape index (κ1) is 20.9. The molecule has 0 saturated heterocycles. The highest BCUT2D eigenvalue weighted by Gasteiger charge is 2.07. The second kappa shape index (κ2) is 10.7. The topological polar surface area (TPSA) is 88.7 Å². The van der Waals surface area contributed by atoms with Gasteiger partial charge in [-0.15, -0.1) is 0 Å². The Morgan fingerprint density at radius 1 is 1.00 bits per heavy atom. The van der Waals surface area contributed by atoms with Crippen molar-refractivity contribution >= 4 is 35.2 Å². The Hall–Kier alpha value is -3.39. The fraction of sp³-hybridized carbons (Fsp3) is 0.150. The van der Waals surface area contributed by atoms with Crippen LogP contribution in [0.15, 0.2) is 54.6 Å². The van der Waals surface area contributed by atoms with Crippen LogP contribution in [0.4, 0.5) is 0 Å². The summed E-state index contributed by atoms with van der Waals surface area (Å²) in [6.07, 6.45) is 2.98. The molecule has 0 aliphatic rings. The van der Waals surface area contributed by atoms with Crippen LogP contribution >= 0.6 is 12.2 Å². The van der Waals surface area contributed by atoms with E-state index in [0.717, 1.165) is 11.3 Å². The second-order valence-corrected chi connectivity index (χ2v) is 5.87. The average molecular weight is 399 g/mol. The van der Waals surface area contributed by atoms with Crippen LogP contribution in [-0.2, 0) is 4.79 Å². The van der Waals surface area contributed by atoms with Gasteiger partial charge in [-0.3, -0.25) is 25.8 Å². The van der Waals surface area contributed by atoms with E-state index in [-0.39, 0.29) is 5.11 Å². The van der Waals surface area contributed by atoms with E-state index >= 15 is 0 Å². The standard InChI is InChI=1S/C20H21N3O4S/c1-3-27-17-9-4-14(5-10-17)6-13-18(24)21-20(28)23-22-19(25)15-7-11-16(26-2)12-8-15/h4-13H,3H2,1-2H3,(H,22,25)(H2,21,23,24,28)/b13-6+. The van der Waals surface area contributed by atoms with Crippen molar-refractivity contribution in [1.82, 2.24) is 16.2 Å². The van der Waals surface area contributed by atoms with Crippen molar-refractivity contribution in [1.29, 1.82) is 0 Å². The van der Waals surface area contributed by atoms with Gasteiger partial charge in [0.2, 0.25) is 5.91 Å². The lowest BCUT2D eigenvalue weighted by Gasteiger charge is -2.10. The number of hydrogen-bond acceptors (Lipinski definition) is 5. The molecule has 0 fully saturated rings. The monoisotopic (exact) mass is 399 g/mol. The zero-order chi connectivity index (χ0) is 20.4. The molecule has 0 unspecified atom stereocenters. The summed E-state index contributed by atoms with van der Waals surface area (Å²) >= 11 is 4.99. The Morgan fingerprint density at radius 2 is 1.64 bits per heavy atom. The van der Waals surface area contributed by atoms with E-state index in [2.05, 4.69) is 16.2 Å². The molecule has 0 aromatic heterocycles. The number of methoxy groups -OCH3 is 1. The van der Waals surface area contributed by atoms with Crippen LogP contribution in [0.3, 0.4) is 0 Å². The van der Waals surface area contributed by atoms with Crippen molar-refractivity contribution in [2.75, 3.05) is 13.7 Å². The molecule has 146 valence electrons. The molecule has 0 spiro atoms. The van der Waals surface area contributed by atoms with Gasteiger partial charge in [0.15, 0.2) is 5.11 Å². The lowest BCUT2D eigenvalue weighted by Crippen LogP contribution is -2.48. The van der Waals surface area contributed by atoms with Crippen LogP contribution in [0, 0.1) is 0 Å². The number of rotatable bonds is 6. The molecule has 0 radical (unpaired) electrons. The van der Waals surface area contributed by atoms with Gasteiger partial charge in [-0.2, -0.15) is 0 Å². The molecule has 3 N–H and O–H groups in total. The zero-order valence-corrected chi connectivity index (χ0v) is 16.3. The van der Waals surface area contributed by atoms with Crippen molar-refractivity contribution in [2.24, 2.45) is 0 Å². The smallest absolute Gasteiger partial charge is 0.269 e. The maximum absolute atomic E-state index is 12.0. The molecule has 28 heavy (non-hydrogen) atoms. The Bertz CT molecular complexity index is 849. The van der Waals surface area contributed by atoms with Crippen LogP contribution in [0.1, 0.15) is 22.8 Å². The summed E-state index contributed by atoms with van der Waals surface area (Å²) < 4.78 is 10.4. The summed E-state index contributed by atoms with van der Waals surface area (Å²) in [7, 11) is 1.54. The fourth-order valence-electron chi connectivity index (χ4n) is 2.13. The van der Waals surface area contributed by atoms with Crippen molar-refractivity contribution in [2.45, 2.75) is 6.92 Å². The minimum absolute atomic E-state index is 0.0248. The highest BCUT2D eigenvalue weighted by atomic mass is 32.1. The fourth-order valence-corrected chi connectivity index (χ4v) is 2.28. The molecular formula is C20H21N3O4S. The van der Waals surface area contributed by atoms with E-state index in [1.165, 1.54) is 6.08 Å². The minimum atomic E-state index is -0.426. The summed E-state index contributed by atoms with van der Waals surface area (Å²) in [5.41, 5.74) is 6.14. The summed E-state index contributed by atoms with van der Waals surface area (Å²) in [5.74, 6) is 0.586. The van der Waals surface area contributed by atoms with Gasteiger partial charge in [-0.1, -0.05) is 12.1 Å². The molecule has 2 aromatic carbocycles. The van der Waals surface area contributed by atoms with Gasteiger partial charge in [0.05, 0.1) is 13.7 Å². The van der Waals surface area contributed by atoms with E-state index in [1.807, 2.05) is 31.2 Å². The third-order valence-corrected chi connectivity index (χ3v) is 3.70. The zero-order valence-electron chi connectivity index (χ0n) is 15.5. The van der Waals surface area contributed by atoms with Gasteiger partial charge < -0.3 is 9.47 Å². The van der Waals surface area contributed by atoms with Crippen molar-refractivity contribution < 1.29 is 19.1 Å². The van der Waals surface area contributed by atoms with Gasteiger partial charge in [-0.25, -0.2) is 0 Å². The molecule has 2 rings (SSSR count). The Morgan fingerprint density at radius 3 is 2.25 bits per heavy atom. The van der Waals surface area contributed by atoms with Gasteiger partial charge in [0.25, 0.3) is 5.91 Å². The molecule has 0 aliphatic carbocycles. The molecule has 0 aliphatic heterocycles. The van der Waals surface area contributed by atoms with Crippen LogP contribution < -0.4 is 25.6 Å². The molecule has 7 nitrogen and oxygen atoms in total. The van der Waals surface area contributed by atoms with Crippen LogP contribution in [-0.4, -0.2) is 30.6 Å². The summed E-state index contributed by atoms with van der Waals surface area (Å²) in [5, 5.41) is 2.42. The highest BCUT2D eigenvalue weighted by Crippen LogP contribution is 2.13. The quantitative estimate of drug-likeness (QED) is 0.393. The predicted octanol–water partition coefficient (Wildman–Crippen LogP) is 2.44. The molecule has 0 heterocycles. The first-order valence-electron chi connectivity index (χ1n) is 8.48. The van der Waals surface area contributed by atoms with Gasteiger partial charge in [0.1, 0.15) is 11.5 Å². The molecule has 0 saturated carbocycles. The van der Waals surface area contributed by atoms with Gasteiger partial charge in [-0.05, 0) is 67.2 Å². The molecule has 0 bridgehead atoms. The van der Waals surface area contributed by atoms with E-state index in [0.29, 0.717) is 17.9 Å². The van der Waals surface area contributed by atoms with Crippen LogP contribution in [0.25, 0.3) is 6.08 Å². The number of hydrazine groups is 1. The number of nitrogens with one attached hydrogen (secondary N) is 3. The molecule has 8 heteroatoms. The number of hydrogen-bond donors (Lipinski definition) is 3. The predicted molar refractivity (Wildman–Crippen MR) is 111 cm³/mol. The van der Waals surface area contributed by atoms with E-state index in [4.69, 9.17) is 21.7 Å². The summed E-state index contributed by atoms with van der Waals surface area (Å²) in [6.45, 7) is 2.51. The van der Waals surface area contributed by atoms with Crippen molar-refractivity contribution in [3.63, 3.8) is 0 Å². The minimum Gasteiger partial charge on any atom is -0.497 e. The highest BCUT2D eigenvalue weighted by molar-refractivity contribution is 7.80. The number of benzene rings is 2. The first-order valence-corrected chi connectivity index (χ1v) is 8.89. The van der Waals surface area contributed by atoms with Crippen LogP contribution in [0.5, 0.6) is 11.5 Å². The number of carbonyl (C=O) groups excluding carboxylic acids is 2. The number of ether oxygens (including phenoxy) is 2. The van der Waals surface area contributed by atoms with Crippen molar-refractivity contribution in [3.05, 3.63) is 65.7 Å². The Labute approximate surface area is 168 Å². The SMILES string of the molecule is CCOc1ccc(/C=C/C(=O)NC(=S)NNC(=O)c2ccc(OC)cc2)cc1. The lowest BCUT2D eigenvalue weighted by atomic mass is 10.2. The first-order chi connectivity index (χ1) is 13.5. The number of carbonyl (C=O) groups is 2. The lowest BCUT2D eigenvalue weighted by molar-refractivity contribution is -0.115. The Balaban J connectivity index is 1.78. The maximum atomic E-state index is 12.0. The van der Waals surface area contributed by atoms with E-state index < -0.39 is 11.8 Å². The maximum Gasteiger partial charge on any atom is 0.269 e. The van der Waals surface area contributed by atoms with E-state index in [9.17, 15) is 9.59 Å². The van der Waals surface area contributed by atoms with Gasteiger partial charge >= 0.3 is 0 Å². The molecule has 0 atom stereocenters. The molecule has 2 amide bonds. The summed E-state index contributed by atoms with van der Waals surface area (Å²) in [6, 6.07) is 13.9.